The summed E-state index contributed by atoms with van der Waals surface area (Å²) in [5.41, 5.74) is -0.100. The lowest BCUT2D eigenvalue weighted by molar-refractivity contribution is 0.499. The Morgan fingerprint density at radius 2 is 1.75 bits per heavy atom. The second-order valence-corrected chi connectivity index (χ2v) is 5.65. The van der Waals surface area contributed by atoms with Gasteiger partial charge in [-0.2, -0.15) is 0 Å². The molecule has 4 nitrogen and oxygen atoms in total. The van der Waals surface area contributed by atoms with Crippen LogP contribution in [-0.2, 0) is 13.1 Å². The fourth-order valence-corrected chi connectivity index (χ4v) is 2.25. The molecule has 1 heterocycles. The van der Waals surface area contributed by atoms with Gasteiger partial charge in [0.1, 0.15) is 0 Å². The van der Waals surface area contributed by atoms with E-state index < -0.39 is 11.1 Å². The summed E-state index contributed by atoms with van der Waals surface area (Å²) >= 11 is 5.91. The minimum atomic E-state index is -0.506. The van der Waals surface area contributed by atoms with E-state index in [-0.39, 0.29) is 0 Å². The van der Waals surface area contributed by atoms with Gasteiger partial charge in [0.05, 0.1) is 6.54 Å². The number of hydrogen-bond donors (Lipinski definition) is 0. The molecule has 0 saturated heterocycles. The van der Waals surface area contributed by atoms with Gasteiger partial charge >= 0.3 is 11.1 Å². The maximum atomic E-state index is 12.1. The van der Waals surface area contributed by atoms with Crippen molar-refractivity contribution < 1.29 is 0 Å². The van der Waals surface area contributed by atoms with Gasteiger partial charge in [-0.25, -0.2) is 0 Å². The minimum absolute atomic E-state index is 0.316. The molecule has 0 saturated carbocycles. The summed E-state index contributed by atoms with van der Waals surface area (Å²) in [5, 5.41) is 0.615. The van der Waals surface area contributed by atoms with E-state index in [9.17, 15) is 9.59 Å². The highest BCUT2D eigenvalue weighted by Crippen LogP contribution is 2.11. The number of halogens is 1. The van der Waals surface area contributed by atoms with Crippen molar-refractivity contribution in [1.82, 2.24) is 9.13 Å². The van der Waals surface area contributed by atoms with E-state index in [1.165, 1.54) is 9.13 Å². The molecule has 0 aliphatic carbocycles. The predicted molar refractivity (Wildman–Crippen MR) is 80.4 cm³/mol. The van der Waals surface area contributed by atoms with Gasteiger partial charge in [0.25, 0.3) is 0 Å². The topological polar surface area (TPSA) is 44.0 Å². The standard InChI is InChI=1S/C15H17ClN2O2/c1-11(2)9-17-6-7-18(15(20)14(17)19)10-12-4-3-5-13(16)8-12/h3-8,11H,9-10H2,1-2H3. The van der Waals surface area contributed by atoms with Crippen LogP contribution in [-0.4, -0.2) is 9.13 Å². The number of hydrogen-bond acceptors (Lipinski definition) is 2. The molecule has 0 radical (unpaired) electrons. The van der Waals surface area contributed by atoms with Crippen molar-refractivity contribution in [2.75, 3.05) is 0 Å². The van der Waals surface area contributed by atoms with Crippen molar-refractivity contribution in [1.29, 1.82) is 0 Å². The Hall–Kier alpha value is -1.81. The van der Waals surface area contributed by atoms with Gasteiger partial charge in [-0.1, -0.05) is 37.6 Å². The molecule has 1 aromatic carbocycles. The Balaban J connectivity index is 2.33. The van der Waals surface area contributed by atoms with E-state index in [0.29, 0.717) is 24.0 Å². The van der Waals surface area contributed by atoms with E-state index in [0.717, 1.165) is 5.56 Å². The molecule has 0 bridgehead atoms. The van der Waals surface area contributed by atoms with Gasteiger partial charge < -0.3 is 9.13 Å². The first kappa shape index (κ1) is 14.6. The zero-order valence-corrected chi connectivity index (χ0v) is 12.3. The second-order valence-electron chi connectivity index (χ2n) is 5.21. The molecule has 0 spiro atoms. The molecule has 0 aliphatic rings. The molecule has 20 heavy (non-hydrogen) atoms. The van der Waals surface area contributed by atoms with Crippen molar-refractivity contribution in [3.8, 4) is 0 Å². The van der Waals surface area contributed by atoms with Gasteiger partial charge in [-0.3, -0.25) is 9.59 Å². The second kappa shape index (κ2) is 6.09. The number of aromatic nitrogens is 2. The summed E-state index contributed by atoms with van der Waals surface area (Å²) in [6.45, 7) is 4.90. The fraction of sp³-hybridized carbons (Fsp3) is 0.333. The van der Waals surface area contributed by atoms with Crippen molar-refractivity contribution in [2.45, 2.75) is 26.9 Å². The molecule has 0 aliphatic heterocycles. The third kappa shape index (κ3) is 3.39. The minimum Gasteiger partial charge on any atom is -0.309 e. The fourth-order valence-electron chi connectivity index (χ4n) is 2.04. The molecule has 0 fully saturated rings. The molecular formula is C15H17ClN2O2. The highest BCUT2D eigenvalue weighted by Gasteiger charge is 2.07. The molecule has 0 amide bonds. The molecule has 2 rings (SSSR count). The summed E-state index contributed by atoms with van der Waals surface area (Å²) in [6, 6.07) is 7.25. The largest absolute Gasteiger partial charge is 0.316 e. The predicted octanol–water partition coefficient (Wildman–Crippen LogP) is 2.37. The molecule has 2 aromatic rings. The number of rotatable bonds is 4. The summed E-state index contributed by atoms with van der Waals surface area (Å²) in [7, 11) is 0. The summed E-state index contributed by atoms with van der Waals surface area (Å²) in [6.07, 6.45) is 3.31. The molecule has 1 aromatic heterocycles. The van der Waals surface area contributed by atoms with Crippen LogP contribution in [0.2, 0.25) is 5.02 Å². The van der Waals surface area contributed by atoms with E-state index in [1.54, 1.807) is 24.5 Å². The third-order valence-corrected chi connectivity index (χ3v) is 3.17. The summed E-state index contributed by atoms with van der Waals surface area (Å²) in [5.74, 6) is 0.316. The van der Waals surface area contributed by atoms with Crippen LogP contribution in [0, 0.1) is 5.92 Å². The number of nitrogens with zero attached hydrogens (tertiary/aromatic N) is 2. The van der Waals surface area contributed by atoms with Crippen LogP contribution in [0.25, 0.3) is 0 Å². The molecule has 0 N–H and O–H groups in total. The van der Waals surface area contributed by atoms with Gasteiger partial charge in [0.15, 0.2) is 0 Å². The average Bonchev–Trinajstić information content (AvgIpc) is 2.38. The van der Waals surface area contributed by atoms with Crippen molar-refractivity contribution >= 4 is 11.6 Å². The van der Waals surface area contributed by atoms with Crippen LogP contribution >= 0.6 is 11.6 Å². The highest BCUT2D eigenvalue weighted by molar-refractivity contribution is 6.30. The molecule has 0 unspecified atom stereocenters. The van der Waals surface area contributed by atoms with Gasteiger partial charge in [0, 0.05) is 24.0 Å². The Kier molecular flexibility index (Phi) is 4.45. The van der Waals surface area contributed by atoms with E-state index in [4.69, 9.17) is 11.6 Å². The lowest BCUT2D eigenvalue weighted by Gasteiger charge is -2.10. The van der Waals surface area contributed by atoms with Crippen LogP contribution in [0.1, 0.15) is 19.4 Å². The Morgan fingerprint density at radius 3 is 2.40 bits per heavy atom. The Bertz CT molecular complexity index is 716. The van der Waals surface area contributed by atoms with E-state index >= 15 is 0 Å². The zero-order valence-electron chi connectivity index (χ0n) is 11.5. The van der Waals surface area contributed by atoms with Crippen LogP contribution in [0.5, 0.6) is 0 Å². The van der Waals surface area contributed by atoms with E-state index in [1.807, 2.05) is 26.0 Å². The zero-order chi connectivity index (χ0) is 14.7. The quantitative estimate of drug-likeness (QED) is 0.812. The lowest BCUT2D eigenvalue weighted by atomic mass is 10.2. The van der Waals surface area contributed by atoms with Crippen molar-refractivity contribution in [3.05, 3.63) is 68.0 Å². The first-order valence-corrected chi connectivity index (χ1v) is 6.89. The van der Waals surface area contributed by atoms with E-state index in [2.05, 4.69) is 0 Å². The van der Waals surface area contributed by atoms with Crippen LogP contribution in [0.4, 0.5) is 0 Å². The monoisotopic (exact) mass is 292 g/mol. The first-order valence-electron chi connectivity index (χ1n) is 6.51. The third-order valence-electron chi connectivity index (χ3n) is 2.94. The molecular weight excluding hydrogens is 276 g/mol. The van der Waals surface area contributed by atoms with Gasteiger partial charge in [-0.15, -0.1) is 0 Å². The van der Waals surface area contributed by atoms with Crippen LogP contribution in [0.3, 0.4) is 0 Å². The van der Waals surface area contributed by atoms with Crippen LogP contribution < -0.4 is 11.1 Å². The van der Waals surface area contributed by atoms with Crippen LogP contribution in [0.15, 0.2) is 46.2 Å². The molecule has 5 heteroatoms. The summed E-state index contributed by atoms with van der Waals surface area (Å²) in [4.78, 5) is 24.0. The maximum Gasteiger partial charge on any atom is 0.316 e. The average molecular weight is 293 g/mol. The maximum absolute atomic E-state index is 12.1. The Labute approximate surface area is 122 Å². The van der Waals surface area contributed by atoms with Crippen molar-refractivity contribution in [2.24, 2.45) is 5.92 Å². The molecule has 106 valence electrons. The normalized spacial score (nSPS) is 11.0. The Morgan fingerprint density at radius 1 is 1.10 bits per heavy atom. The lowest BCUT2D eigenvalue weighted by Crippen LogP contribution is -2.41. The summed E-state index contributed by atoms with van der Waals surface area (Å²) < 4.78 is 2.87. The highest BCUT2D eigenvalue weighted by atomic mass is 35.5. The van der Waals surface area contributed by atoms with Crippen molar-refractivity contribution in [3.63, 3.8) is 0 Å². The SMILES string of the molecule is CC(C)Cn1ccn(Cc2cccc(Cl)c2)c(=O)c1=O. The molecule has 0 atom stereocenters. The van der Waals surface area contributed by atoms with Gasteiger partial charge in [0.2, 0.25) is 0 Å². The first-order chi connectivity index (χ1) is 9.47. The number of benzene rings is 1. The smallest absolute Gasteiger partial charge is 0.309 e. The van der Waals surface area contributed by atoms with Gasteiger partial charge in [-0.05, 0) is 23.6 Å².